The van der Waals surface area contributed by atoms with Crippen LogP contribution in [0.5, 0.6) is 11.5 Å². The van der Waals surface area contributed by atoms with E-state index in [0.717, 1.165) is 22.8 Å². The summed E-state index contributed by atoms with van der Waals surface area (Å²) < 4.78 is 12.3. The molecule has 0 spiro atoms. The summed E-state index contributed by atoms with van der Waals surface area (Å²) in [5.74, 6) is 1.46. The Hall–Kier alpha value is -2.60. The number of imidazole rings is 1. The molecule has 6 heteroatoms. The Morgan fingerprint density at radius 1 is 1.15 bits per heavy atom. The van der Waals surface area contributed by atoms with Crippen molar-refractivity contribution >= 4 is 5.65 Å². The highest BCUT2D eigenvalue weighted by molar-refractivity contribution is 5.65. The summed E-state index contributed by atoms with van der Waals surface area (Å²) in [4.78, 5) is 4.18. The van der Waals surface area contributed by atoms with Crippen molar-refractivity contribution in [3.8, 4) is 22.8 Å². The molecule has 2 aromatic heterocycles. The van der Waals surface area contributed by atoms with Gasteiger partial charge in [-0.1, -0.05) is 0 Å². The van der Waals surface area contributed by atoms with Crippen LogP contribution in [0.25, 0.3) is 16.9 Å². The molecule has 0 saturated heterocycles. The van der Waals surface area contributed by atoms with Crippen molar-refractivity contribution in [1.29, 1.82) is 0 Å². The Labute approximate surface area is 114 Å². The minimum Gasteiger partial charge on any atom is -0.454 e. The third-order valence-electron chi connectivity index (χ3n) is 3.26. The minimum atomic E-state index is -0.0985. The van der Waals surface area contributed by atoms with Crippen molar-refractivity contribution in [3.63, 3.8) is 0 Å². The highest BCUT2D eigenvalue weighted by Crippen LogP contribution is 2.35. The van der Waals surface area contributed by atoms with E-state index in [9.17, 15) is 5.11 Å². The van der Waals surface area contributed by atoms with Crippen LogP contribution in [0, 0.1) is 0 Å². The lowest BCUT2D eigenvalue weighted by Crippen LogP contribution is -1.99. The second-order valence-corrected chi connectivity index (χ2v) is 4.46. The first-order chi connectivity index (χ1) is 9.85. The lowest BCUT2D eigenvalue weighted by atomic mass is 10.1. The first-order valence-electron chi connectivity index (χ1n) is 6.20. The molecule has 0 fully saturated rings. The number of hydrogen-bond donors (Lipinski definition) is 1. The van der Waals surface area contributed by atoms with E-state index in [1.165, 1.54) is 0 Å². The molecule has 1 aromatic carbocycles. The fourth-order valence-corrected chi connectivity index (χ4v) is 2.24. The fourth-order valence-electron chi connectivity index (χ4n) is 2.24. The summed E-state index contributed by atoms with van der Waals surface area (Å²) >= 11 is 0. The molecule has 0 aliphatic carbocycles. The second-order valence-electron chi connectivity index (χ2n) is 4.46. The van der Waals surface area contributed by atoms with Crippen LogP contribution < -0.4 is 9.47 Å². The lowest BCUT2D eigenvalue weighted by Gasteiger charge is -2.04. The summed E-state index contributed by atoms with van der Waals surface area (Å²) in [6, 6.07) is 9.45. The monoisotopic (exact) mass is 269 g/mol. The van der Waals surface area contributed by atoms with Crippen LogP contribution >= 0.6 is 0 Å². The average molecular weight is 269 g/mol. The fraction of sp³-hybridized carbons (Fsp3) is 0.143. The van der Waals surface area contributed by atoms with Crippen LogP contribution in [0.4, 0.5) is 0 Å². The molecule has 1 aliphatic rings. The highest BCUT2D eigenvalue weighted by atomic mass is 16.7. The third-order valence-corrected chi connectivity index (χ3v) is 3.26. The van der Waals surface area contributed by atoms with Gasteiger partial charge in [0.2, 0.25) is 6.79 Å². The maximum atomic E-state index is 9.28. The molecule has 0 atom stereocenters. The Kier molecular flexibility index (Phi) is 2.37. The molecule has 0 saturated carbocycles. The van der Waals surface area contributed by atoms with E-state index in [-0.39, 0.29) is 13.4 Å². The number of rotatable bonds is 2. The second kappa shape index (κ2) is 4.21. The predicted octanol–water partition coefficient (Wildman–Crippen LogP) is 1.62. The number of aliphatic hydroxyl groups excluding tert-OH is 1. The minimum absolute atomic E-state index is 0.0985. The zero-order valence-corrected chi connectivity index (χ0v) is 10.5. The lowest BCUT2D eigenvalue weighted by molar-refractivity contribution is 0.174. The van der Waals surface area contributed by atoms with Crippen molar-refractivity contribution in [2.24, 2.45) is 0 Å². The van der Waals surface area contributed by atoms with Crippen LogP contribution in [-0.4, -0.2) is 26.5 Å². The van der Waals surface area contributed by atoms with Gasteiger partial charge in [0.05, 0.1) is 24.2 Å². The number of aliphatic hydroxyl groups is 1. The number of benzene rings is 1. The van der Waals surface area contributed by atoms with E-state index in [4.69, 9.17) is 9.47 Å². The van der Waals surface area contributed by atoms with Gasteiger partial charge in [-0.3, -0.25) is 0 Å². The van der Waals surface area contributed by atoms with E-state index < -0.39 is 0 Å². The van der Waals surface area contributed by atoms with Crippen LogP contribution in [-0.2, 0) is 6.61 Å². The van der Waals surface area contributed by atoms with Gasteiger partial charge >= 0.3 is 0 Å². The summed E-state index contributed by atoms with van der Waals surface area (Å²) in [5.41, 5.74) is 3.07. The van der Waals surface area contributed by atoms with Crippen molar-refractivity contribution in [3.05, 3.63) is 42.2 Å². The molecule has 20 heavy (non-hydrogen) atoms. The van der Waals surface area contributed by atoms with Gasteiger partial charge in [-0.2, -0.15) is 5.10 Å². The maximum Gasteiger partial charge on any atom is 0.231 e. The molecule has 0 bridgehead atoms. The van der Waals surface area contributed by atoms with Gasteiger partial charge in [0.1, 0.15) is 0 Å². The molecule has 1 aliphatic heterocycles. The van der Waals surface area contributed by atoms with Gasteiger partial charge in [-0.05, 0) is 30.3 Å². The normalized spacial score (nSPS) is 13.1. The Bertz CT molecular complexity index is 797. The van der Waals surface area contributed by atoms with Crippen LogP contribution in [0.2, 0.25) is 0 Å². The highest BCUT2D eigenvalue weighted by Gasteiger charge is 2.15. The molecule has 3 aromatic rings. The SMILES string of the molecule is OCc1cnc2ccc(-c3ccc4c(c3)OCO4)nn12. The Morgan fingerprint density at radius 3 is 2.95 bits per heavy atom. The molecule has 4 rings (SSSR count). The van der Waals surface area contributed by atoms with Gasteiger partial charge in [-0.15, -0.1) is 0 Å². The van der Waals surface area contributed by atoms with Crippen molar-refractivity contribution in [2.45, 2.75) is 6.61 Å². The van der Waals surface area contributed by atoms with E-state index in [2.05, 4.69) is 10.1 Å². The zero-order chi connectivity index (χ0) is 13.5. The molecule has 0 radical (unpaired) electrons. The summed E-state index contributed by atoms with van der Waals surface area (Å²) in [6.45, 7) is 0.153. The third kappa shape index (κ3) is 1.62. The van der Waals surface area contributed by atoms with Crippen LogP contribution in [0.1, 0.15) is 5.69 Å². The van der Waals surface area contributed by atoms with Crippen LogP contribution in [0.15, 0.2) is 36.5 Å². The van der Waals surface area contributed by atoms with Gasteiger partial charge in [0, 0.05) is 5.56 Å². The summed E-state index contributed by atoms with van der Waals surface area (Å²) in [5, 5.41) is 13.8. The van der Waals surface area contributed by atoms with Gasteiger partial charge < -0.3 is 14.6 Å². The zero-order valence-electron chi connectivity index (χ0n) is 10.5. The van der Waals surface area contributed by atoms with Gasteiger partial charge in [0.25, 0.3) is 0 Å². The predicted molar refractivity (Wildman–Crippen MR) is 70.5 cm³/mol. The van der Waals surface area contributed by atoms with Crippen molar-refractivity contribution < 1.29 is 14.6 Å². The molecule has 1 N–H and O–H groups in total. The molecule has 0 amide bonds. The molecular formula is C14H11N3O3. The summed E-state index contributed by atoms with van der Waals surface area (Å²) in [6.07, 6.45) is 1.62. The largest absolute Gasteiger partial charge is 0.454 e. The van der Waals surface area contributed by atoms with E-state index >= 15 is 0 Å². The Balaban J connectivity index is 1.85. The molecule has 3 heterocycles. The molecule has 0 unspecified atom stereocenters. The van der Waals surface area contributed by atoms with E-state index in [0.29, 0.717) is 11.3 Å². The first kappa shape index (κ1) is 11.2. The smallest absolute Gasteiger partial charge is 0.231 e. The molecule has 6 nitrogen and oxygen atoms in total. The topological polar surface area (TPSA) is 68.9 Å². The number of aromatic nitrogens is 3. The van der Waals surface area contributed by atoms with Crippen LogP contribution in [0.3, 0.4) is 0 Å². The quantitative estimate of drug-likeness (QED) is 0.765. The number of nitrogens with zero attached hydrogens (tertiary/aromatic N) is 3. The number of hydrogen-bond acceptors (Lipinski definition) is 5. The van der Waals surface area contributed by atoms with Crippen molar-refractivity contribution in [2.75, 3.05) is 6.79 Å². The standard InChI is InChI=1S/C14H11N3O3/c18-7-10-6-15-14-4-2-11(16-17(10)14)9-1-3-12-13(5-9)20-8-19-12/h1-6,18H,7-8H2. The van der Waals surface area contributed by atoms with E-state index in [1.54, 1.807) is 10.7 Å². The van der Waals surface area contributed by atoms with Gasteiger partial charge in [0.15, 0.2) is 17.1 Å². The Morgan fingerprint density at radius 2 is 2.05 bits per heavy atom. The molecular weight excluding hydrogens is 258 g/mol. The summed E-state index contributed by atoms with van der Waals surface area (Å²) in [7, 11) is 0. The van der Waals surface area contributed by atoms with E-state index in [1.807, 2.05) is 30.3 Å². The number of ether oxygens (including phenoxy) is 2. The average Bonchev–Trinajstić information content (AvgIpc) is 3.12. The van der Waals surface area contributed by atoms with Gasteiger partial charge in [-0.25, -0.2) is 9.50 Å². The first-order valence-corrected chi connectivity index (χ1v) is 6.20. The number of fused-ring (bicyclic) bond motifs is 2. The molecule has 100 valence electrons. The maximum absolute atomic E-state index is 9.28. The van der Waals surface area contributed by atoms with Crippen molar-refractivity contribution in [1.82, 2.24) is 14.6 Å².